The zero-order valence-electron chi connectivity index (χ0n) is 21.6. The number of phenolic OH excluding ortho intramolecular Hbond substituents is 1. The van der Waals surface area contributed by atoms with Crippen molar-refractivity contribution in [1.82, 2.24) is 15.5 Å². The van der Waals surface area contributed by atoms with Crippen molar-refractivity contribution in [2.75, 3.05) is 26.2 Å². The number of ether oxygens (including phenoxy) is 2. The lowest BCUT2D eigenvalue weighted by molar-refractivity contribution is -0.143. The van der Waals surface area contributed by atoms with Gasteiger partial charge in [0.05, 0.1) is 13.0 Å². The summed E-state index contributed by atoms with van der Waals surface area (Å²) in [6, 6.07) is 3.64. The Morgan fingerprint density at radius 3 is 2.37 bits per heavy atom. The number of nitrogens with zero attached hydrogens (tertiary/aromatic N) is 1. The summed E-state index contributed by atoms with van der Waals surface area (Å²) in [4.78, 5) is 51.6. The van der Waals surface area contributed by atoms with Gasteiger partial charge in [-0.3, -0.25) is 14.4 Å². The molecule has 0 heterocycles. The third-order valence-corrected chi connectivity index (χ3v) is 4.89. The topological polar surface area (TPSA) is 134 Å². The van der Waals surface area contributed by atoms with Gasteiger partial charge in [-0.2, -0.15) is 0 Å². The van der Waals surface area contributed by atoms with E-state index in [4.69, 9.17) is 9.47 Å². The number of amides is 3. The Balaban J connectivity index is 3.17. The maximum atomic E-state index is 13.3. The van der Waals surface area contributed by atoms with E-state index in [9.17, 15) is 24.3 Å². The van der Waals surface area contributed by atoms with E-state index in [0.29, 0.717) is 17.5 Å². The molecule has 10 nitrogen and oxygen atoms in total. The van der Waals surface area contributed by atoms with E-state index < -0.39 is 35.5 Å². The number of nitrogens with one attached hydrogen (secondary N) is 2. The zero-order valence-corrected chi connectivity index (χ0v) is 21.6. The third-order valence-electron chi connectivity index (χ3n) is 4.89. The molecule has 0 aliphatic carbocycles. The van der Waals surface area contributed by atoms with Crippen LogP contribution in [0, 0.1) is 6.92 Å². The summed E-state index contributed by atoms with van der Waals surface area (Å²) in [5, 5.41) is 15.1. The number of carbonyl (C=O) groups excluding carboxylic acids is 4. The standard InChI is InChI=1S/C25H39N3O7/c1-7-9-14-28(20(30)16-27-24(33)35-25(4,5)6)22(18-10-11-19(29)17(3)15-18)23(32)26-13-12-21(31)34-8-2/h10-11,15,22,29H,7-9,12-14,16H2,1-6H3,(H,26,32)(H,27,33). The van der Waals surface area contributed by atoms with Crippen LogP contribution >= 0.6 is 0 Å². The first-order valence-electron chi connectivity index (χ1n) is 11.9. The summed E-state index contributed by atoms with van der Waals surface area (Å²) < 4.78 is 10.1. The molecule has 0 aliphatic rings. The number of alkyl carbamates (subject to hydrolysis) is 1. The first kappa shape index (κ1) is 29.7. The summed E-state index contributed by atoms with van der Waals surface area (Å²) in [7, 11) is 0. The number of phenols is 1. The van der Waals surface area contributed by atoms with Crippen molar-refractivity contribution in [1.29, 1.82) is 0 Å². The molecule has 0 radical (unpaired) electrons. The van der Waals surface area contributed by atoms with Gasteiger partial charge in [0.2, 0.25) is 11.8 Å². The Morgan fingerprint density at radius 2 is 1.80 bits per heavy atom. The first-order chi connectivity index (χ1) is 16.4. The van der Waals surface area contributed by atoms with Crippen LogP contribution in [0.1, 0.15) is 71.0 Å². The van der Waals surface area contributed by atoms with Gasteiger partial charge in [0.15, 0.2) is 0 Å². The second kappa shape index (κ2) is 14.2. The van der Waals surface area contributed by atoms with Gasteiger partial charge in [0.1, 0.15) is 23.9 Å². The Morgan fingerprint density at radius 1 is 1.11 bits per heavy atom. The van der Waals surface area contributed by atoms with Crippen LogP contribution in [0.2, 0.25) is 0 Å². The molecule has 1 aromatic rings. The molecule has 0 aromatic heterocycles. The molecular formula is C25H39N3O7. The summed E-state index contributed by atoms with van der Waals surface area (Å²) >= 11 is 0. The number of esters is 1. The summed E-state index contributed by atoms with van der Waals surface area (Å²) in [6.07, 6.45) is 0.651. The minimum absolute atomic E-state index is 0.00991. The highest BCUT2D eigenvalue weighted by Gasteiger charge is 2.32. The van der Waals surface area contributed by atoms with Gasteiger partial charge in [0.25, 0.3) is 0 Å². The normalized spacial score (nSPS) is 11.8. The second-order valence-corrected chi connectivity index (χ2v) is 9.09. The number of carbonyl (C=O) groups is 4. The lowest BCUT2D eigenvalue weighted by Gasteiger charge is -2.32. The molecule has 35 heavy (non-hydrogen) atoms. The molecule has 0 saturated carbocycles. The van der Waals surface area contributed by atoms with Gasteiger partial charge >= 0.3 is 12.1 Å². The molecule has 1 unspecified atom stereocenters. The predicted octanol–water partition coefficient (Wildman–Crippen LogP) is 2.96. The fourth-order valence-corrected chi connectivity index (χ4v) is 3.23. The van der Waals surface area contributed by atoms with Crippen LogP contribution in [0.25, 0.3) is 0 Å². The van der Waals surface area contributed by atoms with Gasteiger partial charge in [0, 0.05) is 13.1 Å². The molecule has 0 fully saturated rings. The first-order valence-corrected chi connectivity index (χ1v) is 11.9. The van der Waals surface area contributed by atoms with Crippen molar-refractivity contribution >= 4 is 23.9 Å². The Bertz CT molecular complexity index is 880. The second-order valence-electron chi connectivity index (χ2n) is 9.09. The Kier molecular flexibility index (Phi) is 12.0. The lowest BCUT2D eigenvalue weighted by Crippen LogP contribution is -2.48. The number of benzene rings is 1. The number of aromatic hydroxyl groups is 1. The van der Waals surface area contributed by atoms with Crippen molar-refractivity contribution in [2.45, 2.75) is 72.4 Å². The highest BCUT2D eigenvalue weighted by atomic mass is 16.6. The fraction of sp³-hybridized carbons (Fsp3) is 0.600. The van der Waals surface area contributed by atoms with Gasteiger partial charge in [-0.05, 0) is 64.3 Å². The maximum Gasteiger partial charge on any atom is 0.408 e. The van der Waals surface area contributed by atoms with E-state index in [1.807, 2.05) is 6.92 Å². The molecule has 0 saturated heterocycles. The minimum atomic E-state index is -1.03. The Hall–Kier alpha value is -3.30. The number of hydrogen-bond acceptors (Lipinski definition) is 7. The summed E-state index contributed by atoms with van der Waals surface area (Å²) in [5.74, 6) is -1.33. The van der Waals surface area contributed by atoms with Crippen molar-refractivity contribution < 1.29 is 33.8 Å². The molecule has 1 aromatic carbocycles. The smallest absolute Gasteiger partial charge is 0.408 e. The van der Waals surface area contributed by atoms with Crippen molar-refractivity contribution in [3.63, 3.8) is 0 Å². The number of unbranched alkanes of at least 4 members (excludes halogenated alkanes) is 1. The van der Waals surface area contributed by atoms with Crippen molar-refractivity contribution in [2.24, 2.45) is 0 Å². The molecule has 196 valence electrons. The van der Waals surface area contributed by atoms with Crippen molar-refractivity contribution in [3.8, 4) is 5.75 Å². The van der Waals surface area contributed by atoms with Gasteiger partial charge in [-0.15, -0.1) is 0 Å². The minimum Gasteiger partial charge on any atom is -0.508 e. The summed E-state index contributed by atoms with van der Waals surface area (Å²) in [5.41, 5.74) is 0.317. The highest BCUT2D eigenvalue weighted by Crippen LogP contribution is 2.27. The van der Waals surface area contributed by atoms with Crippen LogP contribution in [-0.4, -0.2) is 65.7 Å². The van der Waals surface area contributed by atoms with E-state index in [1.54, 1.807) is 46.8 Å². The fourth-order valence-electron chi connectivity index (χ4n) is 3.23. The van der Waals surface area contributed by atoms with Gasteiger partial charge < -0.3 is 30.1 Å². The van der Waals surface area contributed by atoms with E-state index in [0.717, 1.165) is 6.42 Å². The molecule has 0 spiro atoms. The van der Waals surface area contributed by atoms with E-state index in [2.05, 4.69) is 10.6 Å². The van der Waals surface area contributed by atoms with E-state index in [1.165, 1.54) is 11.0 Å². The largest absolute Gasteiger partial charge is 0.508 e. The molecule has 1 rings (SSSR count). The van der Waals surface area contributed by atoms with Gasteiger partial charge in [-0.1, -0.05) is 19.4 Å². The highest BCUT2D eigenvalue weighted by molar-refractivity contribution is 5.90. The average molecular weight is 494 g/mol. The Labute approximate surface area is 207 Å². The molecule has 3 amide bonds. The zero-order chi connectivity index (χ0) is 26.6. The van der Waals surface area contributed by atoms with Crippen molar-refractivity contribution in [3.05, 3.63) is 29.3 Å². The molecule has 3 N–H and O–H groups in total. The monoisotopic (exact) mass is 493 g/mol. The lowest BCUT2D eigenvalue weighted by atomic mass is 10.0. The molecule has 0 bridgehead atoms. The van der Waals surface area contributed by atoms with Crippen LogP contribution in [-0.2, 0) is 23.9 Å². The van der Waals surface area contributed by atoms with Crippen LogP contribution < -0.4 is 10.6 Å². The number of rotatable bonds is 12. The molecule has 0 aliphatic heterocycles. The third kappa shape index (κ3) is 10.7. The quantitative estimate of drug-likeness (QED) is 0.381. The maximum absolute atomic E-state index is 13.3. The van der Waals surface area contributed by atoms with E-state index >= 15 is 0 Å². The summed E-state index contributed by atoms with van der Waals surface area (Å²) in [6.45, 7) is 10.7. The predicted molar refractivity (Wildman–Crippen MR) is 131 cm³/mol. The van der Waals surface area contributed by atoms with Crippen LogP contribution in [0.5, 0.6) is 5.75 Å². The van der Waals surface area contributed by atoms with Crippen LogP contribution in [0.3, 0.4) is 0 Å². The number of hydrogen-bond donors (Lipinski definition) is 3. The average Bonchev–Trinajstić information content (AvgIpc) is 2.76. The van der Waals surface area contributed by atoms with E-state index in [-0.39, 0.29) is 38.4 Å². The van der Waals surface area contributed by atoms with Crippen LogP contribution in [0.15, 0.2) is 18.2 Å². The van der Waals surface area contributed by atoms with Gasteiger partial charge in [-0.25, -0.2) is 4.79 Å². The number of aryl methyl sites for hydroxylation is 1. The molecular weight excluding hydrogens is 454 g/mol. The molecule has 1 atom stereocenters. The van der Waals surface area contributed by atoms with Crippen LogP contribution in [0.4, 0.5) is 4.79 Å². The molecule has 10 heteroatoms. The SMILES string of the molecule is CCCCN(C(=O)CNC(=O)OC(C)(C)C)C(C(=O)NCCC(=O)OCC)c1ccc(O)c(C)c1.